The molecule has 2 rings (SSSR count). The molecule has 0 atom stereocenters. The van der Waals surface area contributed by atoms with Crippen LogP contribution in [0.15, 0.2) is 47.4 Å². The third kappa shape index (κ3) is 4.06. The van der Waals surface area contributed by atoms with Crippen molar-refractivity contribution in [2.75, 3.05) is 7.11 Å². The average Bonchev–Trinajstić information content (AvgIpc) is 2.56. The van der Waals surface area contributed by atoms with Gasteiger partial charge >= 0.3 is 0 Å². The fourth-order valence-corrected chi connectivity index (χ4v) is 3.23. The van der Waals surface area contributed by atoms with Gasteiger partial charge in [-0.25, -0.2) is 8.42 Å². The second-order valence-corrected chi connectivity index (χ2v) is 6.93. The van der Waals surface area contributed by atoms with Crippen molar-refractivity contribution < 1.29 is 23.4 Å². The van der Waals surface area contributed by atoms with Crippen LogP contribution in [0.3, 0.4) is 0 Å². The first-order valence-corrected chi connectivity index (χ1v) is 8.50. The average molecular weight is 345 g/mol. The first-order valence-electron chi connectivity index (χ1n) is 6.85. The molecule has 0 saturated heterocycles. The van der Waals surface area contributed by atoms with Crippen LogP contribution in [0.5, 0.6) is 17.2 Å². The maximum Gasteiger partial charge on any atom is 0.192 e. The minimum Gasteiger partial charge on any atom is -0.504 e. The first kappa shape index (κ1) is 17.4. The molecule has 24 heavy (non-hydrogen) atoms. The highest BCUT2D eigenvalue weighted by molar-refractivity contribution is 7.95. The topological polar surface area (TPSA) is 108 Å². The molecule has 0 heterocycles. The first-order chi connectivity index (χ1) is 11.4. The molecule has 124 valence electrons. The highest BCUT2D eigenvalue weighted by Gasteiger charge is 2.19. The van der Waals surface area contributed by atoms with Gasteiger partial charge in [0.1, 0.15) is 16.7 Å². The van der Waals surface area contributed by atoms with E-state index in [0.29, 0.717) is 16.9 Å². The number of aromatic hydroxyl groups is 2. The van der Waals surface area contributed by atoms with Crippen molar-refractivity contribution in [3.05, 3.63) is 58.5 Å². The monoisotopic (exact) mass is 345 g/mol. The lowest BCUT2D eigenvalue weighted by atomic mass is 10.2. The Labute approximate surface area is 139 Å². The number of benzene rings is 2. The number of phenolic OH excluding ortho intramolecular Hbond substituents is 2. The number of phenols is 2. The van der Waals surface area contributed by atoms with Crippen molar-refractivity contribution in [1.29, 1.82) is 5.26 Å². The third-order valence-electron chi connectivity index (χ3n) is 3.26. The molecule has 0 aliphatic heterocycles. The van der Waals surface area contributed by atoms with Crippen LogP contribution in [0.1, 0.15) is 11.1 Å². The zero-order valence-electron chi connectivity index (χ0n) is 12.8. The Balaban J connectivity index is 2.31. The van der Waals surface area contributed by atoms with Crippen molar-refractivity contribution in [3.8, 4) is 23.3 Å². The molecule has 2 aromatic carbocycles. The summed E-state index contributed by atoms with van der Waals surface area (Å²) in [5, 5.41) is 27.9. The Hall–Kier alpha value is -2.98. The van der Waals surface area contributed by atoms with E-state index in [-0.39, 0.29) is 11.5 Å². The number of allylic oxidation sites excluding steroid dienone is 1. The van der Waals surface area contributed by atoms with Crippen molar-refractivity contribution in [1.82, 2.24) is 0 Å². The summed E-state index contributed by atoms with van der Waals surface area (Å²) in [7, 11) is -2.34. The molecule has 0 aliphatic carbocycles. The van der Waals surface area contributed by atoms with E-state index in [1.807, 2.05) is 0 Å². The Bertz CT molecular complexity index is 909. The van der Waals surface area contributed by atoms with Crippen molar-refractivity contribution in [3.63, 3.8) is 0 Å². The molecule has 0 saturated carbocycles. The smallest absolute Gasteiger partial charge is 0.192 e. The van der Waals surface area contributed by atoms with Crippen LogP contribution < -0.4 is 4.74 Å². The molecule has 0 unspecified atom stereocenters. The minimum absolute atomic E-state index is 0.292. The molecule has 0 aromatic heterocycles. The van der Waals surface area contributed by atoms with E-state index in [1.54, 1.807) is 30.3 Å². The molecule has 0 amide bonds. The summed E-state index contributed by atoms with van der Waals surface area (Å²) < 4.78 is 29.8. The second-order valence-electron chi connectivity index (χ2n) is 4.98. The number of nitrogens with zero attached hydrogens (tertiary/aromatic N) is 1. The van der Waals surface area contributed by atoms with E-state index in [4.69, 9.17) is 4.74 Å². The van der Waals surface area contributed by atoms with Gasteiger partial charge in [-0.05, 0) is 41.5 Å². The van der Waals surface area contributed by atoms with E-state index in [1.165, 1.54) is 25.3 Å². The Morgan fingerprint density at radius 2 is 1.83 bits per heavy atom. The molecule has 0 fully saturated rings. The van der Waals surface area contributed by atoms with Crippen LogP contribution in [-0.4, -0.2) is 25.7 Å². The summed E-state index contributed by atoms with van der Waals surface area (Å²) in [5.41, 5.74) is 0.811. The van der Waals surface area contributed by atoms with Gasteiger partial charge in [0.25, 0.3) is 0 Å². The van der Waals surface area contributed by atoms with Crippen LogP contribution in [0, 0.1) is 11.3 Å². The van der Waals surface area contributed by atoms with E-state index >= 15 is 0 Å². The number of rotatable bonds is 5. The normalized spacial score (nSPS) is 11.8. The lowest BCUT2D eigenvalue weighted by Crippen LogP contribution is -2.06. The van der Waals surface area contributed by atoms with Gasteiger partial charge in [-0.1, -0.05) is 18.2 Å². The zero-order valence-corrected chi connectivity index (χ0v) is 13.6. The maximum absolute atomic E-state index is 12.4. The number of sulfone groups is 1. The van der Waals surface area contributed by atoms with Crippen LogP contribution in [0.25, 0.3) is 6.08 Å². The Kier molecular flexibility index (Phi) is 5.11. The van der Waals surface area contributed by atoms with E-state index in [2.05, 4.69) is 0 Å². The van der Waals surface area contributed by atoms with Crippen molar-refractivity contribution in [2.24, 2.45) is 0 Å². The predicted octanol–water partition coefficient (Wildman–Crippen LogP) is 2.59. The van der Waals surface area contributed by atoms with Gasteiger partial charge in [-0.3, -0.25) is 0 Å². The van der Waals surface area contributed by atoms with E-state index in [0.717, 1.165) is 6.08 Å². The van der Waals surface area contributed by atoms with Crippen LogP contribution in [0.2, 0.25) is 0 Å². The van der Waals surface area contributed by atoms with Gasteiger partial charge < -0.3 is 14.9 Å². The predicted molar refractivity (Wildman–Crippen MR) is 89.0 cm³/mol. The lowest BCUT2D eigenvalue weighted by molar-refractivity contribution is 0.403. The van der Waals surface area contributed by atoms with Gasteiger partial charge in [-0.15, -0.1) is 0 Å². The Morgan fingerprint density at radius 1 is 1.17 bits per heavy atom. The zero-order chi connectivity index (χ0) is 17.7. The second kappa shape index (κ2) is 7.06. The number of nitriles is 1. The summed E-state index contributed by atoms with van der Waals surface area (Å²) in [6.45, 7) is 0. The third-order valence-corrected chi connectivity index (χ3v) is 4.85. The summed E-state index contributed by atoms with van der Waals surface area (Å²) in [6.07, 6.45) is 1.15. The number of hydrogen-bond acceptors (Lipinski definition) is 6. The van der Waals surface area contributed by atoms with Crippen LogP contribution in [-0.2, 0) is 15.6 Å². The standard InChI is InChI=1S/C17H15NO5S/c1-23-14-5-2-12(3-6-14)11-24(21,22)15(10-18)8-13-4-7-16(19)17(20)9-13/h2-9,19-20H,11H2,1H3. The largest absolute Gasteiger partial charge is 0.504 e. The van der Waals surface area contributed by atoms with Crippen molar-refractivity contribution in [2.45, 2.75) is 5.75 Å². The molecule has 2 N–H and O–H groups in total. The maximum atomic E-state index is 12.4. The summed E-state index contributed by atoms with van der Waals surface area (Å²) in [4.78, 5) is -0.427. The molecule has 0 radical (unpaired) electrons. The summed E-state index contributed by atoms with van der Waals surface area (Å²) in [6, 6.07) is 12.0. The highest BCUT2D eigenvalue weighted by Crippen LogP contribution is 2.27. The molecule has 0 aliphatic rings. The van der Waals surface area contributed by atoms with Gasteiger partial charge in [0, 0.05) is 0 Å². The Morgan fingerprint density at radius 3 is 2.38 bits per heavy atom. The molecule has 2 aromatic rings. The number of hydrogen-bond donors (Lipinski definition) is 2. The molecule has 0 bridgehead atoms. The number of methoxy groups -OCH3 is 1. The molecular weight excluding hydrogens is 330 g/mol. The number of ether oxygens (including phenoxy) is 1. The lowest BCUT2D eigenvalue weighted by Gasteiger charge is -2.05. The van der Waals surface area contributed by atoms with Gasteiger partial charge in [0.05, 0.1) is 12.9 Å². The van der Waals surface area contributed by atoms with Gasteiger partial charge in [0.2, 0.25) is 0 Å². The quantitative estimate of drug-likeness (QED) is 0.637. The minimum atomic E-state index is -3.85. The summed E-state index contributed by atoms with van der Waals surface area (Å²) >= 11 is 0. The molecular formula is C17H15NO5S. The van der Waals surface area contributed by atoms with Crippen LogP contribution >= 0.6 is 0 Å². The summed E-state index contributed by atoms with van der Waals surface area (Å²) in [5.74, 6) is -0.451. The van der Waals surface area contributed by atoms with E-state index < -0.39 is 20.5 Å². The molecule has 0 spiro atoms. The van der Waals surface area contributed by atoms with Gasteiger partial charge in [0.15, 0.2) is 21.3 Å². The fourth-order valence-electron chi connectivity index (χ4n) is 1.99. The molecule has 6 nitrogen and oxygen atoms in total. The highest BCUT2D eigenvalue weighted by atomic mass is 32.2. The van der Waals surface area contributed by atoms with Crippen molar-refractivity contribution >= 4 is 15.9 Å². The van der Waals surface area contributed by atoms with Gasteiger partial charge in [-0.2, -0.15) is 5.26 Å². The van der Waals surface area contributed by atoms with Crippen LogP contribution in [0.4, 0.5) is 0 Å². The fraction of sp³-hybridized carbons (Fsp3) is 0.118. The molecule has 7 heteroatoms. The van der Waals surface area contributed by atoms with E-state index in [9.17, 15) is 23.9 Å². The SMILES string of the molecule is COc1ccc(CS(=O)(=O)C(C#N)=Cc2ccc(O)c(O)c2)cc1.